The normalized spacial score (nSPS) is 13.4. The van der Waals surface area contributed by atoms with E-state index in [2.05, 4.69) is 10.6 Å². The topological polar surface area (TPSA) is 96.9 Å². The molecule has 1 unspecified atom stereocenters. The number of anilines is 1. The van der Waals surface area contributed by atoms with Crippen molar-refractivity contribution in [3.8, 4) is 22.6 Å². The Morgan fingerprint density at radius 3 is 2.47 bits per heavy atom. The third-order valence-corrected chi connectivity index (χ3v) is 5.30. The van der Waals surface area contributed by atoms with Crippen molar-refractivity contribution in [2.45, 2.75) is 6.10 Å². The molecule has 8 heteroatoms. The minimum atomic E-state index is -0.924. The first kappa shape index (κ1) is 19.9. The molecule has 2 aromatic carbocycles. The first-order valence-corrected chi connectivity index (χ1v) is 10.3. The zero-order valence-corrected chi connectivity index (χ0v) is 16.8. The van der Waals surface area contributed by atoms with E-state index in [1.165, 1.54) is 0 Å². The molecule has 0 radical (unpaired) electrons. The van der Waals surface area contributed by atoms with Crippen LogP contribution in [0.4, 0.5) is 5.69 Å². The molecule has 2 amide bonds. The summed E-state index contributed by atoms with van der Waals surface area (Å²) in [4.78, 5) is 24.2. The van der Waals surface area contributed by atoms with E-state index in [1.54, 1.807) is 41.7 Å². The van der Waals surface area contributed by atoms with E-state index in [1.807, 2.05) is 29.0 Å². The summed E-state index contributed by atoms with van der Waals surface area (Å²) >= 11 is 1.62. The molecule has 0 saturated heterocycles. The highest BCUT2D eigenvalue weighted by molar-refractivity contribution is 7.08. The van der Waals surface area contributed by atoms with Crippen LogP contribution in [-0.2, 0) is 9.59 Å². The van der Waals surface area contributed by atoms with Crippen LogP contribution in [0.15, 0.2) is 59.3 Å². The van der Waals surface area contributed by atoms with Crippen LogP contribution < -0.4 is 20.1 Å². The van der Waals surface area contributed by atoms with Gasteiger partial charge in [0.2, 0.25) is 0 Å². The molecule has 1 aliphatic rings. The Labute approximate surface area is 177 Å². The predicted octanol–water partition coefficient (Wildman–Crippen LogP) is 2.97. The molecule has 154 valence electrons. The van der Waals surface area contributed by atoms with Crippen LogP contribution in [0.25, 0.3) is 11.1 Å². The first-order chi connectivity index (χ1) is 14.6. The number of carbonyl (C=O) groups is 2. The van der Waals surface area contributed by atoms with Gasteiger partial charge in [-0.3, -0.25) is 9.59 Å². The third-order valence-electron chi connectivity index (χ3n) is 4.61. The summed E-state index contributed by atoms with van der Waals surface area (Å²) in [6, 6.07) is 14.4. The fourth-order valence-electron chi connectivity index (χ4n) is 3.02. The third kappa shape index (κ3) is 4.61. The molecule has 30 heavy (non-hydrogen) atoms. The number of aliphatic hydroxyl groups excluding tert-OH is 1. The van der Waals surface area contributed by atoms with Crippen molar-refractivity contribution in [2.24, 2.45) is 0 Å². The van der Waals surface area contributed by atoms with E-state index >= 15 is 0 Å². The average molecular weight is 424 g/mol. The van der Waals surface area contributed by atoms with Gasteiger partial charge in [0.25, 0.3) is 0 Å². The van der Waals surface area contributed by atoms with Gasteiger partial charge in [0, 0.05) is 18.3 Å². The Balaban J connectivity index is 1.30. The van der Waals surface area contributed by atoms with Crippen molar-refractivity contribution < 1.29 is 24.2 Å². The number of hydrogen-bond acceptors (Lipinski definition) is 6. The number of amides is 2. The van der Waals surface area contributed by atoms with E-state index in [-0.39, 0.29) is 6.54 Å². The molecule has 0 saturated carbocycles. The van der Waals surface area contributed by atoms with Crippen LogP contribution >= 0.6 is 11.3 Å². The minimum Gasteiger partial charge on any atom is -0.486 e. The Hall–Kier alpha value is -3.36. The lowest BCUT2D eigenvalue weighted by Gasteiger charge is -2.19. The summed E-state index contributed by atoms with van der Waals surface area (Å²) in [7, 11) is 0. The summed E-state index contributed by atoms with van der Waals surface area (Å²) in [6.07, 6.45) is -0.924. The second-order valence-electron chi connectivity index (χ2n) is 6.67. The summed E-state index contributed by atoms with van der Waals surface area (Å²) in [6.45, 7) is 0.822. The Morgan fingerprint density at radius 1 is 0.967 bits per heavy atom. The average Bonchev–Trinajstić information content (AvgIpc) is 3.32. The number of carbonyl (C=O) groups excluding carboxylic acids is 2. The van der Waals surface area contributed by atoms with Gasteiger partial charge in [0.05, 0.1) is 6.10 Å². The quantitative estimate of drug-likeness (QED) is 0.547. The number of rotatable bonds is 5. The lowest BCUT2D eigenvalue weighted by Crippen LogP contribution is -2.37. The molecule has 4 rings (SSSR count). The van der Waals surface area contributed by atoms with Gasteiger partial charge in [-0.1, -0.05) is 24.3 Å². The SMILES string of the molecule is O=C(NCC(O)c1ccc(-c2ccsc2)cc1)C(=O)Nc1ccc2c(c1)OCCO2. The molecule has 0 bridgehead atoms. The highest BCUT2D eigenvalue weighted by Crippen LogP contribution is 2.32. The number of fused-ring (bicyclic) bond motifs is 1. The van der Waals surface area contributed by atoms with Gasteiger partial charge in [-0.05, 0) is 45.6 Å². The Kier molecular flexibility index (Phi) is 5.97. The van der Waals surface area contributed by atoms with Crippen LogP contribution in [0.2, 0.25) is 0 Å². The monoisotopic (exact) mass is 424 g/mol. The molecule has 3 aromatic rings. The summed E-state index contributed by atoms with van der Waals surface area (Å²) in [5.41, 5.74) is 3.24. The zero-order chi connectivity index (χ0) is 20.9. The molecule has 3 N–H and O–H groups in total. The molecule has 1 aromatic heterocycles. The number of aliphatic hydroxyl groups is 1. The number of nitrogens with one attached hydrogen (secondary N) is 2. The van der Waals surface area contributed by atoms with Crippen molar-refractivity contribution >= 4 is 28.8 Å². The molecule has 0 fully saturated rings. The zero-order valence-electron chi connectivity index (χ0n) is 16.0. The fraction of sp³-hybridized carbons (Fsp3) is 0.182. The smallest absolute Gasteiger partial charge is 0.313 e. The van der Waals surface area contributed by atoms with Crippen molar-refractivity contribution in [1.29, 1.82) is 0 Å². The van der Waals surface area contributed by atoms with Crippen LogP contribution in [0.5, 0.6) is 11.5 Å². The van der Waals surface area contributed by atoms with E-state index < -0.39 is 17.9 Å². The van der Waals surface area contributed by atoms with Crippen LogP contribution in [0.1, 0.15) is 11.7 Å². The summed E-state index contributed by atoms with van der Waals surface area (Å²) in [5.74, 6) is -0.553. The molecule has 1 atom stereocenters. The van der Waals surface area contributed by atoms with Gasteiger partial charge in [-0.25, -0.2) is 0 Å². The Bertz CT molecular complexity index is 1030. The van der Waals surface area contributed by atoms with Gasteiger partial charge in [-0.2, -0.15) is 11.3 Å². The maximum Gasteiger partial charge on any atom is 0.313 e. The molecular formula is C22H20N2O5S. The lowest BCUT2D eigenvalue weighted by molar-refractivity contribution is -0.136. The fourth-order valence-corrected chi connectivity index (χ4v) is 3.69. The maximum atomic E-state index is 12.1. The number of thiophene rings is 1. The molecule has 0 spiro atoms. The second-order valence-corrected chi connectivity index (χ2v) is 7.45. The van der Waals surface area contributed by atoms with Gasteiger partial charge < -0.3 is 25.2 Å². The molecule has 2 heterocycles. The molecule has 0 aliphatic carbocycles. The maximum absolute atomic E-state index is 12.1. The number of ether oxygens (including phenoxy) is 2. The van der Waals surface area contributed by atoms with Gasteiger partial charge >= 0.3 is 11.8 Å². The van der Waals surface area contributed by atoms with Crippen molar-refractivity contribution in [1.82, 2.24) is 5.32 Å². The number of hydrogen-bond donors (Lipinski definition) is 3. The standard InChI is InChI=1S/C22H20N2O5S/c25-18(15-3-1-14(2-4-15)16-7-10-30-13-16)12-23-21(26)22(27)24-17-5-6-19-20(11-17)29-9-8-28-19/h1-7,10-11,13,18,25H,8-9,12H2,(H,23,26)(H,24,27). The van der Waals surface area contributed by atoms with E-state index in [0.29, 0.717) is 36.0 Å². The largest absolute Gasteiger partial charge is 0.486 e. The highest BCUT2D eigenvalue weighted by Gasteiger charge is 2.18. The molecule has 1 aliphatic heterocycles. The molecular weight excluding hydrogens is 404 g/mol. The van der Waals surface area contributed by atoms with Crippen molar-refractivity contribution in [2.75, 3.05) is 25.1 Å². The lowest BCUT2D eigenvalue weighted by atomic mass is 10.0. The van der Waals surface area contributed by atoms with E-state index in [4.69, 9.17) is 9.47 Å². The minimum absolute atomic E-state index is 0.0782. The van der Waals surface area contributed by atoms with Gasteiger partial charge in [-0.15, -0.1) is 0 Å². The Morgan fingerprint density at radius 2 is 1.73 bits per heavy atom. The van der Waals surface area contributed by atoms with Crippen LogP contribution in [0, 0.1) is 0 Å². The van der Waals surface area contributed by atoms with Crippen LogP contribution in [0.3, 0.4) is 0 Å². The molecule has 7 nitrogen and oxygen atoms in total. The number of benzene rings is 2. The van der Waals surface area contributed by atoms with Crippen molar-refractivity contribution in [3.05, 3.63) is 64.9 Å². The first-order valence-electron chi connectivity index (χ1n) is 9.39. The van der Waals surface area contributed by atoms with Gasteiger partial charge in [0.1, 0.15) is 13.2 Å². The second kappa shape index (κ2) is 8.98. The summed E-state index contributed by atoms with van der Waals surface area (Å²) in [5, 5.41) is 19.3. The van der Waals surface area contributed by atoms with Crippen molar-refractivity contribution in [3.63, 3.8) is 0 Å². The van der Waals surface area contributed by atoms with E-state index in [9.17, 15) is 14.7 Å². The highest BCUT2D eigenvalue weighted by atomic mass is 32.1. The van der Waals surface area contributed by atoms with Gasteiger partial charge in [0.15, 0.2) is 11.5 Å². The summed E-state index contributed by atoms with van der Waals surface area (Å²) < 4.78 is 10.9. The van der Waals surface area contributed by atoms with Crippen LogP contribution in [-0.4, -0.2) is 36.7 Å². The van der Waals surface area contributed by atoms with E-state index in [0.717, 1.165) is 11.1 Å². The predicted molar refractivity (Wildman–Crippen MR) is 114 cm³/mol.